The second-order valence-electron chi connectivity index (χ2n) is 5.99. The largest absolute Gasteiger partial charge is 0.355 e. The zero-order valence-corrected chi connectivity index (χ0v) is 16.5. The number of aliphatic imine (C=N–C) groups is 1. The Morgan fingerprint density at radius 1 is 1.30 bits per heavy atom. The molecule has 0 spiro atoms. The van der Waals surface area contributed by atoms with Gasteiger partial charge in [-0.2, -0.15) is 0 Å². The summed E-state index contributed by atoms with van der Waals surface area (Å²) in [4.78, 5) is 22.6. The number of rotatable bonds is 6. The van der Waals surface area contributed by atoms with E-state index in [0.717, 1.165) is 26.2 Å². The molecule has 0 radical (unpaired) electrons. The Morgan fingerprint density at radius 2 is 2.00 bits per heavy atom. The Bertz CT molecular complexity index is 420. The van der Waals surface area contributed by atoms with Crippen LogP contribution in [0.4, 0.5) is 0 Å². The molecule has 3 heterocycles. The first-order valence-electron chi connectivity index (χ1n) is 7.89. The van der Waals surface area contributed by atoms with Gasteiger partial charge in [-0.1, -0.05) is 6.08 Å². The lowest BCUT2D eigenvalue weighted by Gasteiger charge is -2.47. The average Bonchev–Trinajstić information content (AvgIpc) is 2.54. The summed E-state index contributed by atoms with van der Waals surface area (Å²) in [6.45, 7) is 11.1. The maximum absolute atomic E-state index is 11.7. The lowest BCUT2D eigenvalue weighted by atomic mass is 10.1. The van der Waals surface area contributed by atoms with Crippen molar-refractivity contribution in [3.63, 3.8) is 0 Å². The van der Waals surface area contributed by atoms with Crippen LogP contribution in [0.3, 0.4) is 0 Å². The summed E-state index contributed by atoms with van der Waals surface area (Å²) in [7, 11) is 3.48. The van der Waals surface area contributed by atoms with Gasteiger partial charge in [0.2, 0.25) is 5.91 Å². The maximum atomic E-state index is 11.7. The quantitative estimate of drug-likeness (QED) is 0.253. The minimum absolute atomic E-state index is 0. The van der Waals surface area contributed by atoms with E-state index in [2.05, 4.69) is 32.0 Å². The molecule has 3 rings (SSSR count). The van der Waals surface area contributed by atoms with E-state index in [1.807, 2.05) is 0 Å². The van der Waals surface area contributed by atoms with Crippen LogP contribution in [-0.4, -0.2) is 99.1 Å². The summed E-state index contributed by atoms with van der Waals surface area (Å²) >= 11 is 0. The van der Waals surface area contributed by atoms with E-state index in [-0.39, 0.29) is 36.4 Å². The van der Waals surface area contributed by atoms with Gasteiger partial charge in [-0.3, -0.25) is 14.6 Å². The molecule has 0 saturated carbocycles. The highest BCUT2D eigenvalue weighted by Crippen LogP contribution is 2.14. The Kier molecular flexibility index (Phi) is 8.85. The molecule has 8 heteroatoms. The van der Waals surface area contributed by atoms with Crippen LogP contribution in [0.15, 0.2) is 17.6 Å². The number of nitrogens with zero attached hydrogens (tertiary/aromatic N) is 4. The molecule has 1 amide bonds. The molecule has 0 aromatic heterocycles. The lowest BCUT2D eigenvalue weighted by Crippen LogP contribution is -2.63. The van der Waals surface area contributed by atoms with Gasteiger partial charge in [-0.05, 0) is 0 Å². The third kappa shape index (κ3) is 6.27. The number of nitrogens with one attached hydrogen (secondary N) is 2. The fraction of sp³-hybridized carbons (Fsp3) is 0.733. The molecule has 3 fully saturated rings. The summed E-state index contributed by atoms with van der Waals surface area (Å²) in [6, 6.07) is 0.516. The molecule has 2 N–H and O–H groups in total. The first-order valence-corrected chi connectivity index (χ1v) is 7.89. The number of carbonyl (C=O) groups is 1. The van der Waals surface area contributed by atoms with Crippen LogP contribution in [0.2, 0.25) is 0 Å². The van der Waals surface area contributed by atoms with Crippen molar-refractivity contribution in [1.82, 2.24) is 25.3 Å². The first kappa shape index (κ1) is 20.2. The number of carbonyl (C=O) groups excluding carboxylic acids is 1. The van der Waals surface area contributed by atoms with Crippen LogP contribution >= 0.6 is 24.0 Å². The Morgan fingerprint density at radius 3 is 2.52 bits per heavy atom. The molecular weight excluding hydrogens is 407 g/mol. The molecule has 3 aliphatic rings. The second-order valence-corrected chi connectivity index (χ2v) is 5.99. The first-order chi connectivity index (χ1) is 10.6. The molecule has 0 aromatic carbocycles. The zero-order chi connectivity index (χ0) is 15.9. The van der Waals surface area contributed by atoms with Crippen molar-refractivity contribution >= 4 is 35.8 Å². The van der Waals surface area contributed by atoms with Crippen LogP contribution in [0, 0.1) is 0 Å². The number of hydrogen-bond acceptors (Lipinski definition) is 4. The van der Waals surface area contributed by atoms with E-state index in [4.69, 9.17) is 0 Å². The standard InChI is InChI=1S/C15H28N6O.HI/c1-4-5-16-15(18-11-14(22)19(2)3)17-10-13-12-20-6-8-21(13)9-7-20;/h4,13H,1,5-12H2,2-3H3,(H2,16,17,18);1H. The maximum Gasteiger partial charge on any atom is 0.243 e. The fourth-order valence-electron chi connectivity index (χ4n) is 2.76. The number of fused-ring (bicyclic) bond motifs is 3. The van der Waals surface area contributed by atoms with Crippen molar-refractivity contribution < 1.29 is 4.79 Å². The van der Waals surface area contributed by atoms with Crippen LogP contribution in [0.25, 0.3) is 0 Å². The van der Waals surface area contributed by atoms with Gasteiger partial charge in [0.1, 0.15) is 6.54 Å². The summed E-state index contributed by atoms with van der Waals surface area (Å²) in [5.74, 6) is 0.666. The Hall–Kier alpha value is -0.870. The molecular formula is C15H29IN6O. The van der Waals surface area contributed by atoms with Crippen molar-refractivity contribution in [3.05, 3.63) is 12.7 Å². The molecule has 3 aliphatic heterocycles. The highest BCUT2D eigenvalue weighted by atomic mass is 127. The van der Waals surface area contributed by atoms with Gasteiger partial charge in [0.15, 0.2) is 5.96 Å². The van der Waals surface area contributed by atoms with Gasteiger partial charge in [-0.25, -0.2) is 4.99 Å². The van der Waals surface area contributed by atoms with Crippen molar-refractivity contribution in [2.45, 2.75) is 6.04 Å². The van der Waals surface area contributed by atoms with Crippen molar-refractivity contribution in [2.24, 2.45) is 4.99 Å². The Balaban J connectivity index is 0.00000264. The predicted molar refractivity (Wildman–Crippen MR) is 104 cm³/mol. The molecule has 1 atom stereocenters. The highest BCUT2D eigenvalue weighted by Gasteiger charge is 2.31. The van der Waals surface area contributed by atoms with E-state index < -0.39 is 0 Å². The Labute approximate surface area is 156 Å². The normalized spacial score (nSPS) is 26.2. The summed E-state index contributed by atoms with van der Waals surface area (Å²) in [6.07, 6.45) is 1.78. The molecule has 7 nitrogen and oxygen atoms in total. The number of halogens is 1. The predicted octanol–water partition coefficient (Wildman–Crippen LogP) is -0.586. The molecule has 23 heavy (non-hydrogen) atoms. The topological polar surface area (TPSA) is 63.2 Å². The molecule has 0 aliphatic carbocycles. The number of piperazine rings is 3. The monoisotopic (exact) mass is 436 g/mol. The SMILES string of the molecule is C=CCNC(=NCC(=O)N(C)C)NCC1CN2CCN1CC2.I. The average molecular weight is 436 g/mol. The van der Waals surface area contributed by atoms with E-state index >= 15 is 0 Å². The zero-order valence-electron chi connectivity index (χ0n) is 14.1. The number of guanidine groups is 1. The van der Waals surface area contributed by atoms with Crippen molar-refractivity contribution in [1.29, 1.82) is 0 Å². The molecule has 0 aromatic rings. The smallest absolute Gasteiger partial charge is 0.243 e. The van der Waals surface area contributed by atoms with Gasteiger partial charge in [0.05, 0.1) is 0 Å². The lowest BCUT2D eigenvalue weighted by molar-refractivity contribution is -0.127. The summed E-state index contributed by atoms with van der Waals surface area (Å²) in [5.41, 5.74) is 0. The van der Waals surface area contributed by atoms with E-state index in [1.165, 1.54) is 13.1 Å². The van der Waals surface area contributed by atoms with Crippen molar-refractivity contribution in [2.75, 3.05) is 66.5 Å². The number of amides is 1. The highest BCUT2D eigenvalue weighted by molar-refractivity contribution is 14.0. The second kappa shape index (κ2) is 10.1. The van der Waals surface area contributed by atoms with Crippen LogP contribution in [0.5, 0.6) is 0 Å². The van der Waals surface area contributed by atoms with Crippen LogP contribution in [-0.2, 0) is 4.79 Å². The minimum Gasteiger partial charge on any atom is -0.355 e. The third-order valence-electron chi connectivity index (χ3n) is 4.18. The van der Waals surface area contributed by atoms with Gasteiger partial charge in [0.25, 0.3) is 0 Å². The number of hydrogen-bond donors (Lipinski definition) is 2. The molecule has 1 unspecified atom stereocenters. The van der Waals surface area contributed by atoms with E-state index in [0.29, 0.717) is 18.5 Å². The van der Waals surface area contributed by atoms with Crippen molar-refractivity contribution in [3.8, 4) is 0 Å². The van der Waals surface area contributed by atoms with Gasteiger partial charge in [0, 0.05) is 66.0 Å². The summed E-state index contributed by atoms with van der Waals surface area (Å²) in [5, 5.41) is 6.52. The number of likely N-dealkylation sites (N-methyl/N-ethyl adjacent to an activating group) is 1. The van der Waals surface area contributed by atoms with Crippen LogP contribution in [0.1, 0.15) is 0 Å². The third-order valence-corrected chi connectivity index (χ3v) is 4.18. The molecule has 132 valence electrons. The molecule has 2 bridgehead atoms. The van der Waals surface area contributed by atoms with Gasteiger partial charge >= 0.3 is 0 Å². The van der Waals surface area contributed by atoms with E-state index in [9.17, 15) is 4.79 Å². The van der Waals surface area contributed by atoms with Gasteiger partial charge in [-0.15, -0.1) is 30.6 Å². The fourth-order valence-corrected chi connectivity index (χ4v) is 2.76. The van der Waals surface area contributed by atoms with Gasteiger partial charge < -0.3 is 15.5 Å². The minimum atomic E-state index is -0.00807. The van der Waals surface area contributed by atoms with Crippen LogP contribution < -0.4 is 10.6 Å². The van der Waals surface area contributed by atoms with E-state index in [1.54, 1.807) is 25.1 Å². The molecule has 3 saturated heterocycles. The summed E-state index contributed by atoms with van der Waals surface area (Å²) < 4.78 is 0.